The Bertz CT molecular complexity index is 444. The molecular formula is C18H30N2O2. The van der Waals surface area contributed by atoms with E-state index < -0.39 is 0 Å². The predicted octanol–water partition coefficient (Wildman–Crippen LogP) is 2.44. The highest BCUT2D eigenvalue weighted by molar-refractivity contribution is 5.30. The molecule has 0 spiro atoms. The normalized spacial score (nSPS) is 19.8. The molecule has 1 aromatic carbocycles. The number of β-amino-alcohol motifs (C(OH)–C–C–N with tert-alkyl or cyclic N) is 1. The van der Waals surface area contributed by atoms with Gasteiger partial charge < -0.3 is 20.1 Å². The average molecular weight is 306 g/mol. The van der Waals surface area contributed by atoms with Crippen LogP contribution in [-0.4, -0.2) is 49.4 Å². The number of aliphatic hydroxyl groups is 1. The molecule has 1 saturated heterocycles. The van der Waals surface area contributed by atoms with Crippen LogP contribution in [0.1, 0.15) is 38.3 Å². The maximum absolute atomic E-state index is 10.2. The molecule has 0 aromatic heterocycles. The molecule has 22 heavy (non-hydrogen) atoms. The van der Waals surface area contributed by atoms with E-state index in [1.807, 2.05) is 18.2 Å². The SMILES string of the molecule is COc1cccc(C(C)NCC(O)CN2CCC(C)CC2)c1. The Kier molecular flexibility index (Phi) is 6.68. The molecule has 0 aliphatic carbocycles. The smallest absolute Gasteiger partial charge is 0.119 e. The highest BCUT2D eigenvalue weighted by Crippen LogP contribution is 2.19. The lowest BCUT2D eigenvalue weighted by Gasteiger charge is -2.32. The fraction of sp³-hybridized carbons (Fsp3) is 0.667. The van der Waals surface area contributed by atoms with Gasteiger partial charge in [-0.2, -0.15) is 0 Å². The van der Waals surface area contributed by atoms with Gasteiger partial charge in [-0.1, -0.05) is 19.1 Å². The minimum absolute atomic E-state index is 0.200. The van der Waals surface area contributed by atoms with Gasteiger partial charge >= 0.3 is 0 Å². The van der Waals surface area contributed by atoms with Crippen molar-refractivity contribution in [1.82, 2.24) is 10.2 Å². The second-order valence-corrected chi connectivity index (χ2v) is 6.54. The van der Waals surface area contributed by atoms with Crippen molar-refractivity contribution in [2.24, 2.45) is 5.92 Å². The Morgan fingerprint density at radius 1 is 1.36 bits per heavy atom. The third-order valence-corrected chi connectivity index (χ3v) is 4.60. The van der Waals surface area contributed by atoms with Gasteiger partial charge in [0.1, 0.15) is 5.75 Å². The number of hydrogen-bond donors (Lipinski definition) is 2. The van der Waals surface area contributed by atoms with Crippen LogP contribution in [0.5, 0.6) is 5.75 Å². The first-order valence-corrected chi connectivity index (χ1v) is 8.36. The lowest BCUT2D eigenvalue weighted by atomic mass is 9.99. The van der Waals surface area contributed by atoms with Gasteiger partial charge in [-0.3, -0.25) is 0 Å². The number of rotatable bonds is 7. The van der Waals surface area contributed by atoms with Crippen LogP contribution >= 0.6 is 0 Å². The summed E-state index contributed by atoms with van der Waals surface area (Å²) in [6.07, 6.45) is 2.18. The van der Waals surface area contributed by atoms with E-state index in [1.54, 1.807) is 7.11 Å². The molecule has 4 heteroatoms. The molecule has 1 aliphatic heterocycles. The first-order chi connectivity index (χ1) is 10.6. The Morgan fingerprint density at radius 2 is 2.09 bits per heavy atom. The Hall–Kier alpha value is -1.10. The number of nitrogens with zero attached hydrogens (tertiary/aromatic N) is 1. The minimum Gasteiger partial charge on any atom is -0.497 e. The fourth-order valence-electron chi connectivity index (χ4n) is 2.95. The van der Waals surface area contributed by atoms with E-state index in [9.17, 15) is 5.11 Å². The Balaban J connectivity index is 1.74. The topological polar surface area (TPSA) is 44.7 Å². The molecule has 1 fully saturated rings. The zero-order chi connectivity index (χ0) is 15.9. The van der Waals surface area contributed by atoms with Gasteiger partial charge in [-0.15, -0.1) is 0 Å². The molecule has 2 N–H and O–H groups in total. The standard InChI is InChI=1S/C18H30N2O2/c1-14-7-9-20(10-8-14)13-17(21)12-19-15(2)16-5-4-6-18(11-16)22-3/h4-6,11,14-15,17,19,21H,7-10,12-13H2,1-3H3. The van der Waals surface area contributed by atoms with Crippen LogP contribution in [0.2, 0.25) is 0 Å². The molecule has 2 atom stereocenters. The Morgan fingerprint density at radius 3 is 2.77 bits per heavy atom. The van der Waals surface area contributed by atoms with E-state index >= 15 is 0 Å². The number of methoxy groups -OCH3 is 1. The summed E-state index contributed by atoms with van der Waals surface area (Å²) in [5.74, 6) is 1.70. The van der Waals surface area contributed by atoms with Crippen LogP contribution < -0.4 is 10.1 Å². The van der Waals surface area contributed by atoms with Crippen LogP contribution in [-0.2, 0) is 0 Å². The highest BCUT2D eigenvalue weighted by atomic mass is 16.5. The second kappa shape index (κ2) is 8.51. The second-order valence-electron chi connectivity index (χ2n) is 6.54. The van der Waals surface area contributed by atoms with Crippen molar-refractivity contribution in [2.75, 3.05) is 33.3 Å². The molecular weight excluding hydrogens is 276 g/mol. The summed E-state index contributed by atoms with van der Waals surface area (Å²) in [6.45, 7) is 8.04. The van der Waals surface area contributed by atoms with E-state index in [0.717, 1.165) is 31.3 Å². The third-order valence-electron chi connectivity index (χ3n) is 4.60. The molecule has 2 unspecified atom stereocenters. The molecule has 0 radical (unpaired) electrons. The van der Waals surface area contributed by atoms with E-state index in [2.05, 4.69) is 30.1 Å². The number of nitrogens with one attached hydrogen (secondary N) is 1. The van der Waals surface area contributed by atoms with Gasteiger partial charge in [-0.25, -0.2) is 0 Å². The monoisotopic (exact) mass is 306 g/mol. The zero-order valence-electron chi connectivity index (χ0n) is 14.1. The Labute approximate surface area is 134 Å². The van der Waals surface area contributed by atoms with Gasteiger partial charge in [-0.05, 0) is 56.5 Å². The van der Waals surface area contributed by atoms with Crippen LogP contribution in [0.15, 0.2) is 24.3 Å². The van der Waals surface area contributed by atoms with Crippen molar-refractivity contribution in [3.8, 4) is 5.75 Å². The largest absolute Gasteiger partial charge is 0.497 e. The number of piperidine rings is 1. The number of hydrogen-bond acceptors (Lipinski definition) is 4. The molecule has 1 heterocycles. The van der Waals surface area contributed by atoms with Crippen molar-refractivity contribution >= 4 is 0 Å². The van der Waals surface area contributed by atoms with E-state index in [-0.39, 0.29) is 12.1 Å². The summed E-state index contributed by atoms with van der Waals surface area (Å²) in [4.78, 5) is 2.38. The summed E-state index contributed by atoms with van der Waals surface area (Å²) in [6, 6.07) is 8.26. The molecule has 4 nitrogen and oxygen atoms in total. The molecule has 1 aromatic rings. The third kappa shape index (κ3) is 5.27. The highest BCUT2D eigenvalue weighted by Gasteiger charge is 2.18. The number of benzene rings is 1. The van der Waals surface area contributed by atoms with Gasteiger partial charge in [0.05, 0.1) is 13.2 Å². The summed E-state index contributed by atoms with van der Waals surface area (Å²) in [5.41, 5.74) is 1.18. The molecule has 0 amide bonds. The first kappa shape index (κ1) is 17.3. The number of likely N-dealkylation sites (tertiary alicyclic amines) is 1. The number of ether oxygens (including phenoxy) is 1. The average Bonchev–Trinajstić information content (AvgIpc) is 2.55. The zero-order valence-corrected chi connectivity index (χ0v) is 14.1. The van der Waals surface area contributed by atoms with Crippen LogP contribution in [0.4, 0.5) is 0 Å². The van der Waals surface area contributed by atoms with Gasteiger partial charge in [0, 0.05) is 19.1 Å². The van der Waals surface area contributed by atoms with E-state index in [0.29, 0.717) is 6.54 Å². The predicted molar refractivity (Wildman–Crippen MR) is 90.3 cm³/mol. The molecule has 124 valence electrons. The van der Waals surface area contributed by atoms with Crippen molar-refractivity contribution in [3.05, 3.63) is 29.8 Å². The maximum Gasteiger partial charge on any atom is 0.119 e. The van der Waals surface area contributed by atoms with Crippen molar-refractivity contribution in [3.63, 3.8) is 0 Å². The van der Waals surface area contributed by atoms with E-state index in [1.165, 1.54) is 18.4 Å². The van der Waals surface area contributed by atoms with Crippen molar-refractivity contribution in [1.29, 1.82) is 0 Å². The van der Waals surface area contributed by atoms with Crippen LogP contribution in [0, 0.1) is 5.92 Å². The minimum atomic E-state index is -0.318. The summed E-state index contributed by atoms with van der Waals surface area (Å²) >= 11 is 0. The lowest BCUT2D eigenvalue weighted by Crippen LogP contribution is -2.42. The fourth-order valence-corrected chi connectivity index (χ4v) is 2.95. The van der Waals surface area contributed by atoms with Crippen LogP contribution in [0.25, 0.3) is 0 Å². The lowest BCUT2D eigenvalue weighted by molar-refractivity contribution is 0.0892. The van der Waals surface area contributed by atoms with Crippen molar-refractivity contribution in [2.45, 2.75) is 38.8 Å². The molecule has 1 aliphatic rings. The molecule has 0 bridgehead atoms. The summed E-state index contributed by atoms with van der Waals surface area (Å²) < 4.78 is 5.26. The number of aliphatic hydroxyl groups excluding tert-OH is 1. The first-order valence-electron chi connectivity index (χ1n) is 8.36. The van der Waals surface area contributed by atoms with Crippen molar-refractivity contribution < 1.29 is 9.84 Å². The van der Waals surface area contributed by atoms with E-state index in [4.69, 9.17) is 4.74 Å². The summed E-state index contributed by atoms with van der Waals surface area (Å²) in [7, 11) is 1.68. The van der Waals surface area contributed by atoms with Crippen LogP contribution in [0.3, 0.4) is 0 Å². The molecule has 2 rings (SSSR count). The van der Waals surface area contributed by atoms with Gasteiger partial charge in [0.15, 0.2) is 0 Å². The summed E-state index contributed by atoms with van der Waals surface area (Å²) in [5, 5.41) is 13.7. The van der Waals surface area contributed by atoms with Gasteiger partial charge in [0.2, 0.25) is 0 Å². The quantitative estimate of drug-likeness (QED) is 0.812. The van der Waals surface area contributed by atoms with Gasteiger partial charge in [0.25, 0.3) is 0 Å². The maximum atomic E-state index is 10.2. The molecule has 0 saturated carbocycles.